The molecule has 0 aromatic carbocycles. The molecule has 0 aliphatic rings. The number of hydrogen-bond acceptors (Lipinski definition) is 1. The van der Waals surface area contributed by atoms with Crippen molar-refractivity contribution in [1.29, 1.82) is 0 Å². The van der Waals surface area contributed by atoms with Crippen LogP contribution in [0.25, 0.3) is 0 Å². The van der Waals surface area contributed by atoms with Gasteiger partial charge in [-0.25, -0.2) is 0 Å². The zero-order valence-corrected chi connectivity index (χ0v) is 10.4. The number of aromatic nitrogens is 1. The fourth-order valence-corrected chi connectivity index (χ4v) is 2.14. The summed E-state index contributed by atoms with van der Waals surface area (Å²) < 4.78 is 2.25. The molecule has 0 spiro atoms. The van der Waals surface area contributed by atoms with Crippen molar-refractivity contribution in [3.8, 4) is 0 Å². The minimum absolute atomic E-state index is 0. The third kappa shape index (κ3) is 5.51. The van der Waals surface area contributed by atoms with Gasteiger partial charge in [-0.2, -0.15) is 4.57 Å². The van der Waals surface area contributed by atoms with E-state index in [1.54, 1.807) is 0 Å². The van der Waals surface area contributed by atoms with Gasteiger partial charge in [-0.05, 0) is 25.2 Å². The maximum atomic E-state index is 2.25. The van der Waals surface area contributed by atoms with Crippen molar-refractivity contribution in [2.75, 3.05) is 5.75 Å². The maximum absolute atomic E-state index is 2.25. The number of nitrogens with zero attached hydrogens (tertiary/aromatic N) is 1. The monoisotopic (exact) mass is 231 g/mol. The Morgan fingerprint density at radius 2 is 2.21 bits per heavy atom. The number of thioether (sulfide) groups is 1. The molecule has 80 valence electrons. The van der Waals surface area contributed by atoms with Gasteiger partial charge in [-0.1, -0.05) is 25.1 Å². The third-order valence-electron chi connectivity index (χ3n) is 1.89. The molecule has 3 heteroatoms. The second-order valence-electron chi connectivity index (χ2n) is 3.29. The summed E-state index contributed by atoms with van der Waals surface area (Å²) in [6.07, 6.45) is 6.95. The van der Waals surface area contributed by atoms with Crippen molar-refractivity contribution in [2.24, 2.45) is 0 Å². The van der Waals surface area contributed by atoms with E-state index < -0.39 is 0 Å². The van der Waals surface area contributed by atoms with Gasteiger partial charge in [0.1, 0.15) is 0 Å². The molecule has 1 heterocycles. The summed E-state index contributed by atoms with van der Waals surface area (Å²) in [5.41, 5.74) is 1.33. The molecule has 0 bridgehead atoms. The van der Waals surface area contributed by atoms with Crippen LogP contribution in [0.5, 0.6) is 0 Å². The second kappa shape index (κ2) is 8.13. The SMILES string of the molecule is CCCCSC[n+]1cccc(C)c1.[Cl-]. The molecule has 0 radical (unpaired) electrons. The topological polar surface area (TPSA) is 3.88 Å². The van der Waals surface area contributed by atoms with Crippen LogP contribution < -0.4 is 17.0 Å². The first-order chi connectivity index (χ1) is 6.33. The summed E-state index contributed by atoms with van der Waals surface area (Å²) in [7, 11) is 0. The zero-order chi connectivity index (χ0) is 9.52. The van der Waals surface area contributed by atoms with Crippen LogP contribution in [0.3, 0.4) is 0 Å². The van der Waals surface area contributed by atoms with Gasteiger partial charge in [0, 0.05) is 11.6 Å². The van der Waals surface area contributed by atoms with Crippen LogP contribution in [-0.4, -0.2) is 5.75 Å². The Hall–Kier alpha value is -0.210. The quantitative estimate of drug-likeness (QED) is 0.501. The van der Waals surface area contributed by atoms with Crippen LogP contribution in [0.15, 0.2) is 24.5 Å². The first-order valence-electron chi connectivity index (χ1n) is 4.86. The molecule has 1 aromatic rings. The number of pyridine rings is 1. The Morgan fingerprint density at radius 1 is 1.43 bits per heavy atom. The molecule has 1 aromatic heterocycles. The minimum atomic E-state index is 0. The third-order valence-corrected chi connectivity index (χ3v) is 2.95. The van der Waals surface area contributed by atoms with Crippen molar-refractivity contribution in [3.05, 3.63) is 30.1 Å². The minimum Gasteiger partial charge on any atom is -1.00 e. The van der Waals surface area contributed by atoms with Gasteiger partial charge in [-0.15, -0.1) is 0 Å². The number of halogens is 1. The normalized spacial score (nSPS) is 9.57. The Morgan fingerprint density at radius 3 is 2.86 bits per heavy atom. The standard InChI is InChI=1S/C11H18NS.ClH/c1-3-4-8-13-10-12-7-5-6-11(2)9-12;/h5-7,9H,3-4,8,10H2,1-2H3;1H/q+1;/p-1. The van der Waals surface area contributed by atoms with Crippen molar-refractivity contribution in [2.45, 2.75) is 32.6 Å². The van der Waals surface area contributed by atoms with Gasteiger partial charge < -0.3 is 12.4 Å². The lowest BCUT2D eigenvalue weighted by Crippen LogP contribution is -3.00. The molecule has 1 rings (SSSR count). The van der Waals surface area contributed by atoms with Crippen molar-refractivity contribution in [3.63, 3.8) is 0 Å². The lowest BCUT2D eigenvalue weighted by atomic mass is 10.3. The van der Waals surface area contributed by atoms with E-state index >= 15 is 0 Å². The van der Waals surface area contributed by atoms with Gasteiger partial charge in [0.2, 0.25) is 0 Å². The van der Waals surface area contributed by atoms with E-state index in [2.05, 4.69) is 42.9 Å². The van der Waals surface area contributed by atoms with E-state index in [4.69, 9.17) is 0 Å². The smallest absolute Gasteiger partial charge is 0.194 e. The van der Waals surface area contributed by atoms with Gasteiger partial charge in [0.15, 0.2) is 18.3 Å². The Balaban J connectivity index is 0.00000169. The Bertz CT molecular complexity index is 253. The molecule has 0 N–H and O–H groups in total. The highest BCUT2D eigenvalue weighted by molar-refractivity contribution is 7.98. The molecule has 0 saturated heterocycles. The lowest BCUT2D eigenvalue weighted by molar-refractivity contribution is -0.676. The summed E-state index contributed by atoms with van der Waals surface area (Å²) in [5.74, 6) is 2.36. The van der Waals surface area contributed by atoms with Crippen LogP contribution in [0.1, 0.15) is 25.3 Å². The predicted molar refractivity (Wildman–Crippen MR) is 58.7 cm³/mol. The fourth-order valence-electron chi connectivity index (χ4n) is 1.15. The van der Waals surface area contributed by atoms with E-state index in [1.807, 2.05) is 11.8 Å². The number of aryl methyl sites for hydroxylation is 1. The van der Waals surface area contributed by atoms with Crippen LogP contribution in [0, 0.1) is 6.92 Å². The average molecular weight is 232 g/mol. The zero-order valence-electron chi connectivity index (χ0n) is 8.87. The fraction of sp³-hybridized carbons (Fsp3) is 0.545. The van der Waals surface area contributed by atoms with Gasteiger partial charge in [0.25, 0.3) is 0 Å². The molecule has 0 atom stereocenters. The van der Waals surface area contributed by atoms with Crippen molar-refractivity contribution < 1.29 is 17.0 Å². The first kappa shape index (κ1) is 13.8. The Labute approximate surface area is 97.3 Å². The summed E-state index contributed by atoms with van der Waals surface area (Å²) in [6.45, 7) is 4.37. The summed E-state index contributed by atoms with van der Waals surface area (Å²) >= 11 is 2.00. The summed E-state index contributed by atoms with van der Waals surface area (Å²) in [6, 6.07) is 4.24. The van der Waals surface area contributed by atoms with E-state index in [0.29, 0.717) is 0 Å². The average Bonchev–Trinajstić information content (AvgIpc) is 2.13. The van der Waals surface area contributed by atoms with E-state index in [0.717, 1.165) is 5.88 Å². The van der Waals surface area contributed by atoms with Crippen molar-refractivity contribution >= 4 is 11.8 Å². The highest BCUT2D eigenvalue weighted by Crippen LogP contribution is 2.03. The van der Waals surface area contributed by atoms with Crippen LogP contribution in [-0.2, 0) is 5.88 Å². The molecule has 14 heavy (non-hydrogen) atoms. The highest BCUT2D eigenvalue weighted by atomic mass is 35.5. The number of unbranched alkanes of at least 4 members (excludes halogenated alkanes) is 1. The molecular weight excluding hydrogens is 214 g/mol. The second-order valence-corrected chi connectivity index (χ2v) is 4.36. The van der Waals surface area contributed by atoms with E-state index in [1.165, 1.54) is 24.2 Å². The first-order valence-corrected chi connectivity index (χ1v) is 6.02. The predicted octanol–water partition coefficient (Wildman–Crippen LogP) is -0.223. The molecule has 1 nitrogen and oxygen atoms in total. The molecule has 0 unspecified atom stereocenters. The molecule has 0 amide bonds. The van der Waals surface area contributed by atoms with Crippen LogP contribution >= 0.6 is 11.8 Å². The summed E-state index contributed by atoms with van der Waals surface area (Å²) in [4.78, 5) is 0. The van der Waals surface area contributed by atoms with Crippen LogP contribution in [0.4, 0.5) is 0 Å². The molecule has 0 saturated carbocycles. The van der Waals surface area contributed by atoms with Crippen LogP contribution in [0.2, 0.25) is 0 Å². The highest BCUT2D eigenvalue weighted by Gasteiger charge is 1.98. The number of hydrogen-bond donors (Lipinski definition) is 0. The van der Waals surface area contributed by atoms with Gasteiger partial charge >= 0.3 is 0 Å². The molecule has 0 aliphatic heterocycles. The maximum Gasteiger partial charge on any atom is 0.194 e. The molecular formula is C11H18ClNS. The van der Waals surface area contributed by atoms with Crippen molar-refractivity contribution in [1.82, 2.24) is 0 Å². The van der Waals surface area contributed by atoms with E-state index in [9.17, 15) is 0 Å². The van der Waals surface area contributed by atoms with Gasteiger partial charge in [0.05, 0.1) is 0 Å². The van der Waals surface area contributed by atoms with Gasteiger partial charge in [-0.3, -0.25) is 0 Å². The number of rotatable bonds is 5. The van der Waals surface area contributed by atoms with E-state index in [-0.39, 0.29) is 12.4 Å². The molecule has 0 fully saturated rings. The largest absolute Gasteiger partial charge is 1.00 e. The Kier molecular flexibility index (Phi) is 8.01. The summed E-state index contributed by atoms with van der Waals surface area (Å²) in [5, 5.41) is 0. The molecule has 0 aliphatic carbocycles. The lowest BCUT2D eigenvalue weighted by Gasteiger charge is -1.97.